The third kappa shape index (κ3) is 6.36. The van der Waals surface area contributed by atoms with E-state index in [4.69, 9.17) is 29.0 Å². The summed E-state index contributed by atoms with van der Waals surface area (Å²) >= 11 is 16.4. The number of hydrogen-bond donors (Lipinski definition) is 3. The fourth-order valence-corrected chi connectivity index (χ4v) is 3.76. The van der Waals surface area contributed by atoms with E-state index >= 15 is 0 Å². The maximum absolute atomic E-state index is 12.1. The number of carbonyl (C=O) groups is 1. The number of benzene rings is 2. The van der Waals surface area contributed by atoms with Gasteiger partial charge in [0.05, 0.1) is 12.0 Å². The smallest absolute Gasteiger partial charge is 0.264 e. The average Bonchev–Trinajstić information content (AvgIpc) is 2.99. The number of thioether (sulfide) groups is 1. The lowest BCUT2D eigenvalue weighted by Crippen LogP contribution is -2.16. The van der Waals surface area contributed by atoms with Gasteiger partial charge in [-0.2, -0.15) is 5.10 Å². The summed E-state index contributed by atoms with van der Waals surface area (Å²) < 4.78 is 2.16. The number of aromatic nitrogens is 3. The minimum absolute atomic E-state index is 0.0702. The van der Waals surface area contributed by atoms with Crippen LogP contribution < -0.4 is 16.6 Å². The molecule has 0 unspecified atom stereocenters. The predicted molar refractivity (Wildman–Crippen MR) is 121 cm³/mol. The molecule has 0 fully saturated rings. The van der Waals surface area contributed by atoms with Gasteiger partial charge in [0.1, 0.15) is 0 Å². The minimum atomic E-state index is -0.265. The van der Waals surface area contributed by atoms with Gasteiger partial charge in [-0.15, -0.1) is 10.2 Å². The molecule has 4 N–H and O–H groups in total. The SMILES string of the molecule is Nn1c(N/N=C/c2cccc(Br)c2)nnc1SCC(=O)Nc1cc(Cl)cc(Cl)c1. The molecule has 1 amide bonds. The zero-order valence-corrected chi connectivity index (χ0v) is 18.6. The van der Waals surface area contributed by atoms with Crippen LogP contribution in [0, 0.1) is 0 Å². The predicted octanol–water partition coefficient (Wildman–Crippen LogP) is 4.24. The number of carbonyl (C=O) groups excluding carboxylic acids is 1. The van der Waals surface area contributed by atoms with E-state index in [1.165, 1.54) is 4.68 Å². The number of rotatable bonds is 7. The maximum Gasteiger partial charge on any atom is 0.264 e. The largest absolute Gasteiger partial charge is 0.334 e. The third-order valence-corrected chi connectivity index (χ3v) is 5.24. The number of amides is 1. The highest BCUT2D eigenvalue weighted by Gasteiger charge is 2.12. The molecule has 8 nitrogen and oxygen atoms in total. The zero-order valence-electron chi connectivity index (χ0n) is 14.6. The van der Waals surface area contributed by atoms with Crippen LogP contribution in [-0.4, -0.2) is 32.7 Å². The van der Waals surface area contributed by atoms with E-state index < -0.39 is 0 Å². The molecule has 1 aromatic heterocycles. The van der Waals surface area contributed by atoms with Crippen molar-refractivity contribution in [2.75, 3.05) is 22.3 Å². The molecule has 150 valence electrons. The molecule has 0 aliphatic rings. The van der Waals surface area contributed by atoms with Crippen molar-refractivity contribution in [3.63, 3.8) is 0 Å². The van der Waals surface area contributed by atoms with Crippen LogP contribution in [0.2, 0.25) is 10.0 Å². The molecule has 1 heterocycles. The number of nitrogen functional groups attached to an aromatic ring is 1. The van der Waals surface area contributed by atoms with Crippen LogP contribution in [0.3, 0.4) is 0 Å². The fraction of sp³-hybridized carbons (Fsp3) is 0.0588. The highest BCUT2D eigenvalue weighted by Crippen LogP contribution is 2.23. The summed E-state index contributed by atoms with van der Waals surface area (Å²) in [5.74, 6) is 5.99. The molecule has 0 aliphatic carbocycles. The Kier molecular flexibility index (Phi) is 7.37. The van der Waals surface area contributed by atoms with E-state index in [-0.39, 0.29) is 17.6 Å². The first-order valence-electron chi connectivity index (χ1n) is 8.04. The van der Waals surface area contributed by atoms with Crippen molar-refractivity contribution in [1.82, 2.24) is 14.9 Å². The number of halogens is 3. The Hall–Kier alpha value is -2.27. The highest BCUT2D eigenvalue weighted by molar-refractivity contribution is 9.10. The number of nitrogens with two attached hydrogens (primary N) is 1. The molecule has 0 radical (unpaired) electrons. The van der Waals surface area contributed by atoms with Gasteiger partial charge in [0.2, 0.25) is 11.1 Å². The van der Waals surface area contributed by atoms with Gasteiger partial charge < -0.3 is 11.2 Å². The fourth-order valence-electron chi connectivity index (χ4n) is 2.16. The van der Waals surface area contributed by atoms with Gasteiger partial charge in [0.25, 0.3) is 5.95 Å². The number of hydrogen-bond acceptors (Lipinski definition) is 7. The van der Waals surface area contributed by atoms with Gasteiger partial charge in [-0.1, -0.05) is 63.0 Å². The molecule has 0 spiro atoms. The van der Waals surface area contributed by atoms with Crippen LogP contribution in [0.15, 0.2) is 57.2 Å². The summed E-state index contributed by atoms with van der Waals surface area (Å²) in [5.41, 5.74) is 4.11. The van der Waals surface area contributed by atoms with Gasteiger partial charge >= 0.3 is 0 Å². The van der Waals surface area contributed by atoms with E-state index in [0.717, 1.165) is 21.8 Å². The topological polar surface area (TPSA) is 110 Å². The van der Waals surface area contributed by atoms with E-state index in [1.54, 1.807) is 24.4 Å². The molecule has 29 heavy (non-hydrogen) atoms. The molecule has 0 aliphatic heterocycles. The van der Waals surface area contributed by atoms with Crippen molar-refractivity contribution >= 4 is 74.7 Å². The van der Waals surface area contributed by atoms with Crippen molar-refractivity contribution < 1.29 is 4.79 Å². The number of anilines is 2. The maximum atomic E-state index is 12.1. The summed E-state index contributed by atoms with van der Waals surface area (Å²) in [6.07, 6.45) is 1.62. The Labute approximate surface area is 189 Å². The van der Waals surface area contributed by atoms with Gasteiger partial charge in [0, 0.05) is 20.2 Å². The van der Waals surface area contributed by atoms with Crippen LogP contribution >= 0.6 is 50.9 Å². The van der Waals surface area contributed by atoms with Crippen molar-refractivity contribution in [2.45, 2.75) is 5.16 Å². The van der Waals surface area contributed by atoms with E-state index in [9.17, 15) is 4.79 Å². The van der Waals surface area contributed by atoms with E-state index in [0.29, 0.717) is 20.9 Å². The average molecular weight is 515 g/mol. The van der Waals surface area contributed by atoms with Gasteiger partial charge in [0.15, 0.2) is 0 Å². The molecular formula is C17H14BrCl2N7OS. The normalized spacial score (nSPS) is 11.0. The van der Waals surface area contributed by atoms with Crippen molar-refractivity contribution in [1.29, 1.82) is 0 Å². The van der Waals surface area contributed by atoms with Gasteiger partial charge in [-0.05, 0) is 35.9 Å². The van der Waals surface area contributed by atoms with Crippen LogP contribution in [0.5, 0.6) is 0 Å². The molecule has 3 rings (SSSR count). The van der Waals surface area contributed by atoms with Crippen LogP contribution in [-0.2, 0) is 4.79 Å². The summed E-state index contributed by atoms with van der Waals surface area (Å²) in [6, 6.07) is 12.4. The first-order chi connectivity index (χ1) is 13.9. The standard InChI is InChI=1S/C17H14BrCl2N7OS/c18-11-3-1-2-10(4-11)8-22-24-16-25-26-17(27(16)21)29-9-15(28)23-14-6-12(19)5-13(20)7-14/h1-8H,9,21H2,(H,23,28)(H,24,25)/b22-8+. The first-order valence-corrected chi connectivity index (χ1v) is 10.6. The summed E-state index contributed by atoms with van der Waals surface area (Å²) in [4.78, 5) is 12.1. The molecule has 2 aromatic carbocycles. The summed E-state index contributed by atoms with van der Waals surface area (Å²) in [5, 5.41) is 15.9. The molecule has 0 saturated heterocycles. The second-order valence-corrected chi connectivity index (χ2v) is 8.33. The van der Waals surface area contributed by atoms with Gasteiger partial charge in [-0.3, -0.25) is 4.79 Å². The number of hydrazone groups is 1. The third-order valence-electron chi connectivity index (χ3n) is 3.37. The van der Waals surface area contributed by atoms with Crippen LogP contribution in [0.1, 0.15) is 5.56 Å². The van der Waals surface area contributed by atoms with Crippen molar-refractivity contribution in [3.05, 3.63) is 62.5 Å². The van der Waals surface area contributed by atoms with Crippen molar-refractivity contribution in [3.8, 4) is 0 Å². The molecule has 0 bridgehead atoms. The Morgan fingerprint density at radius 3 is 2.72 bits per heavy atom. The number of nitrogens with zero attached hydrogens (tertiary/aromatic N) is 4. The van der Waals surface area contributed by atoms with Crippen molar-refractivity contribution in [2.24, 2.45) is 5.10 Å². The lowest BCUT2D eigenvalue weighted by atomic mass is 10.2. The van der Waals surface area contributed by atoms with E-state index in [1.807, 2.05) is 24.3 Å². The Morgan fingerprint density at radius 2 is 2.00 bits per heavy atom. The Morgan fingerprint density at radius 1 is 1.24 bits per heavy atom. The van der Waals surface area contributed by atoms with Gasteiger partial charge in [-0.25, -0.2) is 10.1 Å². The minimum Gasteiger partial charge on any atom is -0.334 e. The second kappa shape index (κ2) is 9.97. The molecule has 12 heteroatoms. The molecule has 0 atom stereocenters. The summed E-state index contributed by atoms with van der Waals surface area (Å²) in [7, 11) is 0. The molecule has 3 aromatic rings. The van der Waals surface area contributed by atoms with E-state index in [2.05, 4.69) is 42.0 Å². The monoisotopic (exact) mass is 513 g/mol. The molecular weight excluding hydrogens is 501 g/mol. The highest BCUT2D eigenvalue weighted by atomic mass is 79.9. The molecule has 0 saturated carbocycles. The van der Waals surface area contributed by atoms with Crippen LogP contribution in [0.4, 0.5) is 11.6 Å². The lowest BCUT2D eigenvalue weighted by Gasteiger charge is -2.06. The summed E-state index contributed by atoms with van der Waals surface area (Å²) in [6.45, 7) is 0. The van der Waals surface area contributed by atoms with Crippen LogP contribution in [0.25, 0.3) is 0 Å². The first kappa shape index (κ1) is 21.4. The lowest BCUT2D eigenvalue weighted by molar-refractivity contribution is -0.113. The number of nitrogens with one attached hydrogen (secondary N) is 2. The Balaban J connectivity index is 1.54. The second-order valence-electron chi connectivity index (χ2n) is 5.60. The zero-order chi connectivity index (χ0) is 20.8. The Bertz CT molecular complexity index is 1040. The quantitative estimate of drug-likeness (QED) is 0.188.